The Balaban J connectivity index is 1.69. The molecule has 0 atom stereocenters. The molecule has 166 valence electrons. The molecular formula is C24H22BCl2N5O. The van der Waals surface area contributed by atoms with Gasteiger partial charge in [0.2, 0.25) is 7.28 Å². The van der Waals surface area contributed by atoms with Gasteiger partial charge in [0.05, 0.1) is 28.7 Å². The molecule has 4 N–H and O–H groups in total. The summed E-state index contributed by atoms with van der Waals surface area (Å²) in [6.07, 6.45) is 3.56. The van der Waals surface area contributed by atoms with E-state index in [9.17, 15) is 4.79 Å². The van der Waals surface area contributed by atoms with Gasteiger partial charge in [0.25, 0.3) is 0 Å². The summed E-state index contributed by atoms with van der Waals surface area (Å²) in [6, 6.07) is 18.5. The molecule has 4 rings (SSSR count). The summed E-state index contributed by atoms with van der Waals surface area (Å²) in [5, 5.41) is 2.55. The van der Waals surface area contributed by atoms with Crippen LogP contribution in [0.1, 0.15) is 21.6 Å². The number of carbonyl (C=O) groups is 1. The fourth-order valence-corrected chi connectivity index (χ4v) is 4.00. The number of nitrogens with two attached hydrogens (primary N) is 2. The SMILES string of the molecule is CBC(=O)c1cc(CN(N)/C=C(\N)c2c(-c3ccc(Cl)cc3)nc3ccccn23)ccc1Cl. The van der Waals surface area contributed by atoms with Crippen molar-refractivity contribution >= 4 is 47.5 Å². The number of benzene rings is 2. The van der Waals surface area contributed by atoms with E-state index in [1.807, 2.05) is 59.1 Å². The Morgan fingerprint density at radius 3 is 2.64 bits per heavy atom. The normalized spacial score (nSPS) is 11.6. The number of hydrazine groups is 1. The number of aromatic nitrogens is 2. The number of fused-ring (bicyclic) bond motifs is 1. The average molecular weight is 478 g/mol. The minimum Gasteiger partial charge on any atom is -0.396 e. The van der Waals surface area contributed by atoms with Crippen LogP contribution in [0.3, 0.4) is 0 Å². The van der Waals surface area contributed by atoms with Gasteiger partial charge >= 0.3 is 0 Å². The van der Waals surface area contributed by atoms with Gasteiger partial charge in [0, 0.05) is 28.5 Å². The Hall–Kier alpha value is -3.26. The second kappa shape index (κ2) is 9.71. The van der Waals surface area contributed by atoms with Gasteiger partial charge in [0.1, 0.15) is 11.3 Å². The fourth-order valence-electron chi connectivity index (χ4n) is 3.65. The van der Waals surface area contributed by atoms with Gasteiger partial charge in [-0.05, 0) is 42.0 Å². The van der Waals surface area contributed by atoms with Crippen molar-refractivity contribution < 1.29 is 4.79 Å². The molecule has 9 heteroatoms. The Bertz CT molecular complexity index is 1350. The first-order valence-corrected chi connectivity index (χ1v) is 11.2. The lowest BCUT2D eigenvalue weighted by Gasteiger charge is -2.16. The van der Waals surface area contributed by atoms with E-state index in [2.05, 4.69) is 0 Å². The molecular weight excluding hydrogens is 456 g/mol. The first-order valence-electron chi connectivity index (χ1n) is 10.4. The zero-order valence-corrected chi connectivity index (χ0v) is 19.5. The highest BCUT2D eigenvalue weighted by molar-refractivity contribution is 6.77. The van der Waals surface area contributed by atoms with Crippen LogP contribution in [0.2, 0.25) is 16.9 Å². The van der Waals surface area contributed by atoms with Crippen LogP contribution < -0.4 is 11.6 Å². The number of hydrogen-bond donors (Lipinski definition) is 2. The topological polar surface area (TPSA) is 89.6 Å². The highest BCUT2D eigenvalue weighted by atomic mass is 35.5. The Kier molecular flexibility index (Phi) is 6.74. The first kappa shape index (κ1) is 22.9. The van der Waals surface area contributed by atoms with E-state index in [4.69, 9.17) is 39.8 Å². The maximum atomic E-state index is 12.1. The molecule has 0 fully saturated rings. The van der Waals surface area contributed by atoms with Crippen molar-refractivity contribution in [1.29, 1.82) is 0 Å². The number of halogens is 2. The molecule has 0 aliphatic carbocycles. The van der Waals surface area contributed by atoms with Crippen LogP contribution >= 0.6 is 23.2 Å². The standard InChI is InChI=1S/C24H22BCl2N5O/c1-25-24(33)18-12-15(5-10-19(18)27)13-31(29)14-20(28)23-22(16-6-8-17(26)9-7-16)30-21-4-2-3-11-32(21)23/h2-12,14,25H,13,28-29H2,1H3/b20-14-. The van der Waals surface area contributed by atoms with Crippen molar-refractivity contribution in [2.24, 2.45) is 11.6 Å². The van der Waals surface area contributed by atoms with E-state index in [0.717, 1.165) is 28.2 Å². The van der Waals surface area contributed by atoms with Crippen LogP contribution in [-0.2, 0) is 6.54 Å². The molecule has 2 aromatic carbocycles. The van der Waals surface area contributed by atoms with Crippen LogP contribution in [0.4, 0.5) is 0 Å². The van der Waals surface area contributed by atoms with E-state index in [1.54, 1.807) is 25.2 Å². The summed E-state index contributed by atoms with van der Waals surface area (Å²) < 4.78 is 1.92. The van der Waals surface area contributed by atoms with Gasteiger partial charge in [0.15, 0.2) is 0 Å². The quantitative estimate of drug-likeness (QED) is 0.231. The summed E-state index contributed by atoms with van der Waals surface area (Å²) in [4.78, 5) is 16.9. The van der Waals surface area contributed by atoms with Crippen LogP contribution in [0, 0.1) is 0 Å². The van der Waals surface area contributed by atoms with E-state index in [1.165, 1.54) is 5.01 Å². The predicted octanol–water partition coefficient (Wildman–Crippen LogP) is 4.57. The smallest absolute Gasteiger partial charge is 0.208 e. The van der Waals surface area contributed by atoms with E-state index >= 15 is 0 Å². The third-order valence-electron chi connectivity index (χ3n) is 5.24. The molecule has 0 saturated carbocycles. The molecule has 33 heavy (non-hydrogen) atoms. The number of pyridine rings is 1. The molecule has 0 saturated heterocycles. The molecule has 0 bridgehead atoms. The van der Waals surface area contributed by atoms with Gasteiger partial charge in [-0.15, -0.1) is 0 Å². The number of nitrogens with zero attached hydrogens (tertiary/aromatic N) is 3. The van der Waals surface area contributed by atoms with Crippen molar-refractivity contribution in [2.45, 2.75) is 13.4 Å². The maximum absolute atomic E-state index is 12.1. The molecule has 0 aliphatic rings. The van der Waals surface area contributed by atoms with Crippen LogP contribution in [0.15, 0.2) is 73.1 Å². The fraction of sp³-hybridized carbons (Fsp3) is 0.0833. The van der Waals surface area contributed by atoms with E-state index in [0.29, 0.717) is 35.1 Å². The van der Waals surface area contributed by atoms with Crippen LogP contribution in [0.25, 0.3) is 22.6 Å². The monoisotopic (exact) mass is 477 g/mol. The Labute approximate surface area is 202 Å². The minimum atomic E-state index is -0.0150. The molecule has 6 nitrogen and oxygen atoms in total. The van der Waals surface area contributed by atoms with Crippen molar-refractivity contribution in [3.8, 4) is 11.3 Å². The molecule has 0 spiro atoms. The molecule has 2 heterocycles. The summed E-state index contributed by atoms with van der Waals surface area (Å²) in [7, 11) is 0.379. The van der Waals surface area contributed by atoms with Gasteiger partial charge in [-0.1, -0.05) is 54.3 Å². The van der Waals surface area contributed by atoms with Gasteiger partial charge < -0.3 is 15.5 Å². The number of hydrogen-bond acceptors (Lipinski definition) is 5. The number of imidazole rings is 1. The van der Waals surface area contributed by atoms with Crippen molar-refractivity contribution in [1.82, 2.24) is 14.4 Å². The predicted molar refractivity (Wildman–Crippen MR) is 136 cm³/mol. The van der Waals surface area contributed by atoms with Crippen molar-refractivity contribution in [3.05, 3.63) is 99.9 Å². The zero-order chi connectivity index (χ0) is 23.5. The summed E-state index contributed by atoms with van der Waals surface area (Å²) in [6.45, 7) is 2.15. The van der Waals surface area contributed by atoms with E-state index in [-0.39, 0.29) is 5.68 Å². The third kappa shape index (κ3) is 4.90. The van der Waals surface area contributed by atoms with Crippen molar-refractivity contribution in [2.75, 3.05) is 0 Å². The maximum Gasteiger partial charge on any atom is 0.208 e. The van der Waals surface area contributed by atoms with Crippen LogP contribution in [0.5, 0.6) is 0 Å². The minimum absolute atomic E-state index is 0.0150. The van der Waals surface area contributed by atoms with Gasteiger partial charge in [-0.3, -0.25) is 4.40 Å². The third-order valence-corrected chi connectivity index (χ3v) is 5.82. The molecule has 4 aromatic rings. The lowest BCUT2D eigenvalue weighted by molar-refractivity contribution is 0.107. The molecule has 0 unspecified atom stereocenters. The van der Waals surface area contributed by atoms with Gasteiger partial charge in [-0.2, -0.15) is 0 Å². The lowest BCUT2D eigenvalue weighted by atomic mass is 9.73. The number of carbonyl (C=O) groups excluding carboxylic acids is 1. The largest absolute Gasteiger partial charge is 0.396 e. The molecule has 2 aromatic heterocycles. The Morgan fingerprint density at radius 2 is 1.91 bits per heavy atom. The highest BCUT2D eigenvalue weighted by Gasteiger charge is 2.17. The number of rotatable bonds is 7. The average Bonchev–Trinajstić information content (AvgIpc) is 3.20. The lowest BCUT2D eigenvalue weighted by Crippen LogP contribution is -2.26. The zero-order valence-electron chi connectivity index (χ0n) is 18.0. The molecule has 0 radical (unpaired) electrons. The highest BCUT2D eigenvalue weighted by Crippen LogP contribution is 2.29. The summed E-state index contributed by atoms with van der Waals surface area (Å²) in [5.41, 5.74) is 11.4. The Morgan fingerprint density at radius 1 is 1.15 bits per heavy atom. The van der Waals surface area contributed by atoms with Crippen molar-refractivity contribution in [3.63, 3.8) is 0 Å². The van der Waals surface area contributed by atoms with Gasteiger partial charge in [-0.25, -0.2) is 10.8 Å². The van der Waals surface area contributed by atoms with Crippen LogP contribution in [-0.4, -0.2) is 27.4 Å². The van der Waals surface area contributed by atoms with E-state index < -0.39 is 0 Å². The first-order chi connectivity index (χ1) is 15.9. The summed E-state index contributed by atoms with van der Waals surface area (Å²) >= 11 is 12.2. The molecule has 0 aliphatic heterocycles. The summed E-state index contributed by atoms with van der Waals surface area (Å²) in [5.74, 6) is 6.27. The molecule has 0 amide bonds. The second-order valence-electron chi connectivity index (χ2n) is 7.59. The second-order valence-corrected chi connectivity index (χ2v) is 8.44.